The highest BCUT2D eigenvalue weighted by molar-refractivity contribution is 5.28. The lowest BCUT2D eigenvalue weighted by Gasteiger charge is -2.04. The van der Waals surface area contributed by atoms with Crippen molar-refractivity contribution >= 4 is 0 Å². The second-order valence-electron chi connectivity index (χ2n) is 4.08. The lowest BCUT2D eigenvalue weighted by Crippen LogP contribution is -2.04. The van der Waals surface area contributed by atoms with Gasteiger partial charge in [-0.3, -0.25) is 0 Å². The van der Waals surface area contributed by atoms with E-state index in [1.807, 2.05) is 23.9 Å². The summed E-state index contributed by atoms with van der Waals surface area (Å²) in [5, 5.41) is 4.37. The first-order valence-electron chi connectivity index (χ1n) is 5.75. The highest BCUT2D eigenvalue weighted by Gasteiger charge is 2.08. The van der Waals surface area contributed by atoms with Gasteiger partial charge in [0, 0.05) is 17.5 Å². The Bertz CT molecular complexity index is 503. The summed E-state index contributed by atoms with van der Waals surface area (Å²) in [6, 6.07) is 1.92. The number of nitrogens with zero attached hydrogens (tertiary/aromatic N) is 4. The summed E-state index contributed by atoms with van der Waals surface area (Å²) >= 11 is 0. The topological polar surface area (TPSA) is 69.6 Å². The highest BCUT2D eigenvalue weighted by Crippen LogP contribution is 2.13. The molecule has 5 heteroatoms. The quantitative estimate of drug-likeness (QED) is 0.857. The lowest BCUT2D eigenvalue weighted by atomic mass is 10.1. The van der Waals surface area contributed by atoms with Crippen molar-refractivity contribution in [1.29, 1.82) is 0 Å². The Labute approximate surface area is 101 Å². The van der Waals surface area contributed by atoms with Crippen LogP contribution in [0.2, 0.25) is 0 Å². The van der Waals surface area contributed by atoms with Crippen LogP contribution < -0.4 is 5.73 Å². The van der Waals surface area contributed by atoms with Crippen molar-refractivity contribution in [2.45, 2.75) is 26.7 Å². The molecular weight excluding hydrogens is 214 g/mol. The van der Waals surface area contributed by atoms with E-state index in [1.165, 1.54) is 5.56 Å². The minimum absolute atomic E-state index is 0.706. The molecule has 0 radical (unpaired) electrons. The van der Waals surface area contributed by atoms with Gasteiger partial charge in [-0.15, -0.1) is 0 Å². The van der Waals surface area contributed by atoms with E-state index in [0.29, 0.717) is 6.54 Å². The van der Waals surface area contributed by atoms with Crippen LogP contribution in [0.5, 0.6) is 0 Å². The van der Waals surface area contributed by atoms with Gasteiger partial charge in [-0.1, -0.05) is 0 Å². The standard InChI is InChI=1S/C12H17N5/c1-9-6-12(15-8-14-9)17-10(2)11(7-16-17)4-3-5-13/h6-8H,3-5,13H2,1-2H3. The van der Waals surface area contributed by atoms with Crippen LogP contribution in [-0.4, -0.2) is 26.3 Å². The summed E-state index contributed by atoms with van der Waals surface area (Å²) in [5.41, 5.74) is 8.80. The van der Waals surface area contributed by atoms with Gasteiger partial charge >= 0.3 is 0 Å². The molecule has 2 aromatic heterocycles. The molecule has 0 bridgehead atoms. The normalized spacial score (nSPS) is 10.8. The van der Waals surface area contributed by atoms with Crippen molar-refractivity contribution in [3.8, 4) is 5.82 Å². The van der Waals surface area contributed by atoms with Crippen molar-refractivity contribution in [3.63, 3.8) is 0 Å². The largest absolute Gasteiger partial charge is 0.330 e. The predicted octanol–water partition coefficient (Wildman–Crippen LogP) is 1.17. The Morgan fingerprint density at radius 2 is 2.12 bits per heavy atom. The molecule has 0 aliphatic carbocycles. The molecule has 2 heterocycles. The van der Waals surface area contributed by atoms with Crippen LogP contribution in [0.4, 0.5) is 0 Å². The number of hydrogen-bond donors (Lipinski definition) is 1. The van der Waals surface area contributed by atoms with Crippen LogP contribution in [0.1, 0.15) is 23.4 Å². The Hall–Kier alpha value is -1.75. The van der Waals surface area contributed by atoms with Gasteiger partial charge in [-0.2, -0.15) is 5.10 Å². The van der Waals surface area contributed by atoms with Gasteiger partial charge in [-0.25, -0.2) is 14.6 Å². The molecule has 0 amide bonds. The maximum atomic E-state index is 5.52. The van der Waals surface area contributed by atoms with Crippen molar-refractivity contribution in [3.05, 3.63) is 35.5 Å². The molecule has 0 aliphatic heterocycles. The molecule has 0 saturated carbocycles. The van der Waals surface area contributed by atoms with E-state index in [4.69, 9.17) is 5.73 Å². The molecule has 2 N–H and O–H groups in total. The predicted molar refractivity (Wildman–Crippen MR) is 66.0 cm³/mol. The van der Waals surface area contributed by atoms with Crippen LogP contribution in [0.15, 0.2) is 18.6 Å². The summed E-state index contributed by atoms with van der Waals surface area (Å²) in [6.45, 7) is 4.70. The number of aromatic nitrogens is 4. The molecule has 0 fully saturated rings. The molecule has 0 aromatic carbocycles. The summed E-state index contributed by atoms with van der Waals surface area (Å²) in [6.07, 6.45) is 5.40. The molecule has 0 aliphatic rings. The molecule has 0 saturated heterocycles. The van der Waals surface area contributed by atoms with Crippen molar-refractivity contribution in [2.75, 3.05) is 6.54 Å². The monoisotopic (exact) mass is 231 g/mol. The van der Waals surface area contributed by atoms with E-state index in [2.05, 4.69) is 22.0 Å². The van der Waals surface area contributed by atoms with Crippen molar-refractivity contribution < 1.29 is 0 Å². The third-order valence-electron chi connectivity index (χ3n) is 2.77. The number of hydrogen-bond acceptors (Lipinski definition) is 4. The average Bonchev–Trinajstić information content (AvgIpc) is 2.68. The Morgan fingerprint density at radius 3 is 2.82 bits per heavy atom. The highest BCUT2D eigenvalue weighted by atomic mass is 15.3. The summed E-state index contributed by atoms with van der Waals surface area (Å²) in [7, 11) is 0. The molecule has 0 unspecified atom stereocenters. The first-order chi connectivity index (χ1) is 8.22. The van der Waals surface area contributed by atoms with Crippen molar-refractivity contribution in [1.82, 2.24) is 19.7 Å². The third-order valence-corrected chi connectivity index (χ3v) is 2.77. The smallest absolute Gasteiger partial charge is 0.157 e. The molecule has 5 nitrogen and oxygen atoms in total. The molecule has 2 rings (SSSR count). The molecule has 17 heavy (non-hydrogen) atoms. The fourth-order valence-electron chi connectivity index (χ4n) is 1.77. The van der Waals surface area contributed by atoms with Gasteiger partial charge in [0.25, 0.3) is 0 Å². The molecular formula is C12H17N5. The van der Waals surface area contributed by atoms with E-state index in [-0.39, 0.29) is 0 Å². The lowest BCUT2D eigenvalue weighted by molar-refractivity contribution is 0.795. The van der Waals surface area contributed by atoms with E-state index in [1.54, 1.807) is 6.33 Å². The Morgan fingerprint density at radius 1 is 1.29 bits per heavy atom. The number of aryl methyl sites for hydroxylation is 2. The number of nitrogens with two attached hydrogens (primary N) is 1. The van der Waals surface area contributed by atoms with E-state index in [9.17, 15) is 0 Å². The zero-order chi connectivity index (χ0) is 12.3. The Balaban J connectivity index is 2.30. The zero-order valence-electron chi connectivity index (χ0n) is 10.2. The molecule has 0 spiro atoms. The van der Waals surface area contributed by atoms with Crippen LogP contribution in [-0.2, 0) is 6.42 Å². The van der Waals surface area contributed by atoms with Crippen molar-refractivity contribution in [2.24, 2.45) is 5.73 Å². The maximum absolute atomic E-state index is 5.52. The molecule has 90 valence electrons. The summed E-state index contributed by atoms with van der Waals surface area (Å²) in [5.74, 6) is 0.814. The zero-order valence-corrected chi connectivity index (χ0v) is 10.2. The first kappa shape index (κ1) is 11.7. The second-order valence-corrected chi connectivity index (χ2v) is 4.08. The molecule has 2 aromatic rings. The maximum Gasteiger partial charge on any atom is 0.157 e. The SMILES string of the molecule is Cc1cc(-n2ncc(CCCN)c2C)ncn1. The number of rotatable bonds is 4. The fraction of sp³-hybridized carbons (Fsp3) is 0.417. The van der Waals surface area contributed by atoms with Crippen LogP contribution >= 0.6 is 0 Å². The average molecular weight is 231 g/mol. The fourth-order valence-corrected chi connectivity index (χ4v) is 1.77. The van der Waals surface area contributed by atoms with Gasteiger partial charge in [0.1, 0.15) is 6.33 Å². The van der Waals surface area contributed by atoms with Crippen LogP contribution in [0.3, 0.4) is 0 Å². The van der Waals surface area contributed by atoms with Crippen LogP contribution in [0.25, 0.3) is 5.82 Å². The minimum atomic E-state index is 0.706. The van der Waals surface area contributed by atoms with Gasteiger partial charge in [0.15, 0.2) is 5.82 Å². The second kappa shape index (κ2) is 5.05. The van der Waals surface area contributed by atoms with Gasteiger partial charge in [-0.05, 0) is 38.8 Å². The van der Waals surface area contributed by atoms with Gasteiger partial charge < -0.3 is 5.73 Å². The van der Waals surface area contributed by atoms with Gasteiger partial charge in [0.05, 0.1) is 6.20 Å². The summed E-state index contributed by atoms with van der Waals surface area (Å²) in [4.78, 5) is 8.31. The third kappa shape index (κ3) is 2.50. The summed E-state index contributed by atoms with van der Waals surface area (Å²) < 4.78 is 1.85. The minimum Gasteiger partial charge on any atom is -0.330 e. The van der Waals surface area contributed by atoms with Crippen LogP contribution in [0, 0.1) is 13.8 Å². The first-order valence-corrected chi connectivity index (χ1v) is 5.75. The van der Waals surface area contributed by atoms with E-state index in [0.717, 1.165) is 30.0 Å². The van der Waals surface area contributed by atoms with E-state index >= 15 is 0 Å². The van der Waals surface area contributed by atoms with Gasteiger partial charge in [0.2, 0.25) is 0 Å². The van der Waals surface area contributed by atoms with E-state index < -0.39 is 0 Å². The molecule has 0 atom stereocenters. The Kier molecular flexibility index (Phi) is 3.49.